The monoisotopic (exact) mass is 659 g/mol. The highest BCUT2D eigenvalue weighted by Gasteiger charge is 2.41. The topological polar surface area (TPSA) is 149 Å². The Morgan fingerprint density at radius 2 is 1.85 bits per heavy atom. The van der Waals surface area contributed by atoms with Crippen molar-refractivity contribution in [2.24, 2.45) is 0 Å². The number of anilines is 3. The lowest BCUT2D eigenvalue weighted by molar-refractivity contribution is -0.138. The van der Waals surface area contributed by atoms with E-state index in [9.17, 15) is 19.2 Å². The molecule has 48 heavy (non-hydrogen) atoms. The fraction of sp³-hybridized carbons (Fsp3) is 0.455. The number of carbonyl (C=O) groups is 2. The van der Waals surface area contributed by atoms with Gasteiger partial charge in [-0.25, -0.2) is 18.7 Å². The zero-order valence-electron chi connectivity index (χ0n) is 26.1. The average molecular weight is 660 g/mol. The van der Waals surface area contributed by atoms with Crippen LogP contribution >= 0.6 is 0 Å². The second-order valence-corrected chi connectivity index (χ2v) is 12.4. The van der Waals surface area contributed by atoms with Crippen molar-refractivity contribution >= 4 is 29.1 Å². The van der Waals surface area contributed by atoms with E-state index in [-0.39, 0.29) is 37.2 Å². The van der Waals surface area contributed by atoms with Crippen LogP contribution in [0.4, 0.5) is 26.1 Å². The second-order valence-electron chi connectivity index (χ2n) is 12.4. The summed E-state index contributed by atoms with van der Waals surface area (Å²) in [5.74, 6) is -0.469. The number of hydrogen-bond acceptors (Lipinski definition) is 11. The maximum Gasteiger partial charge on any atom is 0.255 e. The summed E-state index contributed by atoms with van der Waals surface area (Å²) in [7, 11) is 0. The predicted molar refractivity (Wildman–Crippen MR) is 170 cm³/mol. The fourth-order valence-corrected chi connectivity index (χ4v) is 6.42. The van der Waals surface area contributed by atoms with E-state index < -0.39 is 36.3 Å². The van der Waals surface area contributed by atoms with E-state index in [2.05, 4.69) is 53.6 Å². The first-order chi connectivity index (χ1) is 23.3. The Morgan fingerprint density at radius 1 is 1.06 bits per heavy atom. The maximum absolute atomic E-state index is 15.2. The van der Waals surface area contributed by atoms with E-state index in [1.54, 1.807) is 18.2 Å². The van der Waals surface area contributed by atoms with E-state index in [0.717, 1.165) is 50.8 Å². The van der Waals surface area contributed by atoms with Gasteiger partial charge in [-0.2, -0.15) is 10.2 Å². The van der Waals surface area contributed by atoms with E-state index >= 15 is 4.39 Å². The lowest BCUT2D eigenvalue weighted by atomic mass is 10.0. The number of likely N-dealkylation sites (tertiary alicyclic amines) is 1. The number of nitrogens with one attached hydrogen (secondary N) is 2. The van der Waals surface area contributed by atoms with Gasteiger partial charge in [-0.1, -0.05) is 0 Å². The van der Waals surface area contributed by atoms with Gasteiger partial charge in [0, 0.05) is 62.5 Å². The van der Waals surface area contributed by atoms with Gasteiger partial charge < -0.3 is 29.9 Å². The number of piperazine rings is 1. The van der Waals surface area contributed by atoms with Crippen LogP contribution in [0.1, 0.15) is 18.4 Å². The Kier molecular flexibility index (Phi) is 9.00. The molecule has 0 spiro atoms. The van der Waals surface area contributed by atoms with Crippen LogP contribution in [0.25, 0.3) is 11.4 Å². The number of halogens is 2. The molecule has 0 bridgehead atoms. The van der Waals surface area contributed by atoms with Gasteiger partial charge in [0.25, 0.3) is 5.91 Å². The van der Waals surface area contributed by atoms with E-state index in [1.165, 1.54) is 11.2 Å². The number of ether oxygens (including phenoxy) is 2. The molecular weight excluding hydrogens is 624 g/mol. The van der Waals surface area contributed by atoms with Gasteiger partial charge in [0.05, 0.1) is 31.4 Å². The van der Waals surface area contributed by atoms with Crippen molar-refractivity contribution < 1.29 is 27.8 Å². The summed E-state index contributed by atoms with van der Waals surface area (Å²) < 4.78 is 40.0. The number of benzene rings is 2. The number of aromatic nitrogens is 3. The number of alkyl halides is 2. The summed E-state index contributed by atoms with van der Waals surface area (Å²) in [6.07, 6.45) is -2.90. The number of hydrogen-bond donors (Lipinski definition) is 2. The summed E-state index contributed by atoms with van der Waals surface area (Å²) in [6.45, 7) is 5.55. The number of nitrogens with zero attached hydrogens (tertiary/aromatic N) is 7. The number of rotatable bonds is 8. The molecule has 2 amide bonds. The van der Waals surface area contributed by atoms with E-state index in [0.29, 0.717) is 23.4 Å². The van der Waals surface area contributed by atoms with Crippen molar-refractivity contribution in [2.75, 3.05) is 62.7 Å². The number of nitriles is 1. The molecule has 4 atom stereocenters. The molecule has 3 aromatic rings. The highest BCUT2D eigenvalue weighted by molar-refractivity contribution is 5.93. The standard InChI is InChI=1S/C33H35F2N9O4/c34-25-14-27(40-31(25)45)32(46)44-8-7-29(26(35)16-44)48-28-6-1-20(13-21(28)15-36)30-37-19-38-33(41-30)39-22-2-4-23(5-3-22)42-9-11-43(12-10-42)24-17-47-18-24/h1-6,13,19,24-27,29H,7-12,14,16-18H2,(H,40,45)(H,37,38,39,41)/t25-,26+,27+,29+/m1/s1. The third-order valence-corrected chi connectivity index (χ3v) is 9.28. The Balaban J connectivity index is 0.953. The van der Waals surface area contributed by atoms with Crippen molar-refractivity contribution in [1.29, 1.82) is 5.26 Å². The zero-order chi connectivity index (χ0) is 33.2. The molecule has 0 radical (unpaired) electrons. The summed E-state index contributed by atoms with van der Waals surface area (Å²) in [6, 6.07) is 14.6. The molecule has 15 heteroatoms. The Labute approximate surface area is 275 Å². The normalized spacial score (nSPS) is 24.8. The molecule has 0 unspecified atom stereocenters. The molecule has 250 valence electrons. The predicted octanol–water partition coefficient (Wildman–Crippen LogP) is 2.22. The van der Waals surface area contributed by atoms with Gasteiger partial charge in [-0.05, 0) is 42.5 Å². The van der Waals surface area contributed by atoms with Gasteiger partial charge in [0.2, 0.25) is 11.9 Å². The quantitative estimate of drug-likeness (QED) is 0.367. The summed E-state index contributed by atoms with van der Waals surface area (Å²) in [5, 5.41) is 15.4. The summed E-state index contributed by atoms with van der Waals surface area (Å²) >= 11 is 0. The molecule has 13 nitrogen and oxygen atoms in total. The van der Waals surface area contributed by atoms with Crippen LogP contribution in [0.5, 0.6) is 5.75 Å². The van der Waals surface area contributed by atoms with Crippen molar-refractivity contribution in [3.05, 3.63) is 54.4 Å². The molecular formula is C33H35F2N9O4. The smallest absolute Gasteiger partial charge is 0.255 e. The van der Waals surface area contributed by atoms with Crippen molar-refractivity contribution in [1.82, 2.24) is 30.1 Å². The molecule has 4 fully saturated rings. The Bertz CT molecular complexity index is 1700. The lowest BCUT2D eigenvalue weighted by Crippen LogP contribution is -2.56. The van der Waals surface area contributed by atoms with Gasteiger partial charge in [-0.3, -0.25) is 14.5 Å². The average Bonchev–Trinajstić information content (AvgIpc) is 3.43. The van der Waals surface area contributed by atoms with E-state index in [4.69, 9.17) is 9.47 Å². The molecule has 4 saturated heterocycles. The van der Waals surface area contributed by atoms with Gasteiger partial charge in [0.15, 0.2) is 18.2 Å². The third-order valence-electron chi connectivity index (χ3n) is 9.28. The Hall–Kier alpha value is -4.94. The number of amides is 2. The molecule has 1 aromatic heterocycles. The lowest BCUT2D eigenvalue weighted by Gasteiger charge is -2.43. The molecule has 2 N–H and O–H groups in total. The molecule has 5 heterocycles. The molecule has 4 aliphatic rings. The maximum atomic E-state index is 15.2. The first kappa shape index (κ1) is 31.6. The van der Waals surface area contributed by atoms with Crippen molar-refractivity contribution in [3.63, 3.8) is 0 Å². The third kappa shape index (κ3) is 6.71. The van der Waals surface area contributed by atoms with Crippen molar-refractivity contribution in [3.8, 4) is 23.2 Å². The Morgan fingerprint density at radius 3 is 2.52 bits per heavy atom. The minimum Gasteiger partial charge on any atom is -0.486 e. The van der Waals surface area contributed by atoms with Crippen LogP contribution in [-0.2, 0) is 14.3 Å². The highest BCUT2D eigenvalue weighted by Crippen LogP contribution is 2.29. The second kappa shape index (κ2) is 13.7. The molecule has 7 rings (SSSR count). The summed E-state index contributed by atoms with van der Waals surface area (Å²) in [5.41, 5.74) is 2.69. The van der Waals surface area contributed by atoms with Crippen molar-refractivity contribution in [2.45, 2.75) is 43.4 Å². The van der Waals surface area contributed by atoms with Crippen LogP contribution in [-0.4, -0.2) is 120 Å². The highest BCUT2D eigenvalue weighted by atomic mass is 19.1. The first-order valence-electron chi connectivity index (χ1n) is 16.1. The molecule has 0 saturated carbocycles. The first-order valence-corrected chi connectivity index (χ1v) is 16.1. The largest absolute Gasteiger partial charge is 0.486 e. The van der Waals surface area contributed by atoms with Crippen LogP contribution in [0.15, 0.2) is 48.8 Å². The zero-order valence-corrected chi connectivity index (χ0v) is 26.1. The summed E-state index contributed by atoms with van der Waals surface area (Å²) in [4.78, 5) is 43.3. The number of piperidine rings is 1. The fourth-order valence-electron chi connectivity index (χ4n) is 6.42. The van der Waals surface area contributed by atoms with Gasteiger partial charge in [-0.15, -0.1) is 0 Å². The van der Waals surface area contributed by atoms with Crippen LogP contribution in [0.3, 0.4) is 0 Å². The van der Waals surface area contributed by atoms with Gasteiger partial charge >= 0.3 is 0 Å². The molecule has 0 aliphatic carbocycles. The van der Waals surface area contributed by atoms with Gasteiger partial charge in [0.1, 0.15) is 30.3 Å². The minimum absolute atomic E-state index is 0.162. The van der Waals surface area contributed by atoms with Crippen LogP contribution in [0, 0.1) is 11.3 Å². The van der Waals surface area contributed by atoms with Crippen LogP contribution in [0.2, 0.25) is 0 Å². The van der Waals surface area contributed by atoms with E-state index in [1.807, 2.05) is 12.1 Å². The molecule has 2 aromatic carbocycles. The molecule has 4 aliphatic heterocycles. The number of carbonyl (C=O) groups excluding carboxylic acids is 2. The SMILES string of the molecule is N#Cc1cc(-c2ncnc(Nc3ccc(N4CCN(C5COC5)CC4)cc3)n2)ccc1O[C@H]1CCN(C(=O)[C@@H]2C[C@@H](F)C(=O)N2)C[C@@H]1F. The minimum atomic E-state index is -1.74. The van der Waals surface area contributed by atoms with Crippen LogP contribution < -0.4 is 20.3 Å².